The molecule has 0 radical (unpaired) electrons. The fraction of sp³-hybridized carbons (Fsp3) is 0.949. The van der Waals surface area contributed by atoms with Crippen LogP contribution in [0, 0.1) is 5.92 Å². The van der Waals surface area contributed by atoms with Crippen LogP contribution in [-0.4, -0.2) is 96.7 Å². The first-order valence-electron chi connectivity index (χ1n) is 41.1. The van der Waals surface area contributed by atoms with Crippen LogP contribution in [-0.2, 0) is 65.4 Å². The van der Waals surface area contributed by atoms with Crippen LogP contribution in [0.5, 0.6) is 0 Å². The van der Waals surface area contributed by atoms with Crippen LogP contribution in [0.4, 0.5) is 0 Å². The lowest BCUT2D eigenvalue weighted by Crippen LogP contribution is -2.30. The van der Waals surface area contributed by atoms with Crippen molar-refractivity contribution in [3.63, 3.8) is 0 Å². The zero-order valence-electron chi connectivity index (χ0n) is 63.9. The molecule has 3 N–H and O–H groups in total. The Morgan fingerprint density at radius 2 is 0.469 bits per heavy atom. The van der Waals surface area contributed by atoms with Crippen LogP contribution in [0.25, 0.3) is 0 Å². The number of hydrogen-bond acceptors (Lipinski definition) is 15. The second kappa shape index (κ2) is 72.0. The Morgan fingerprint density at radius 3 is 0.694 bits per heavy atom. The molecule has 98 heavy (non-hydrogen) atoms. The summed E-state index contributed by atoms with van der Waals surface area (Å²) in [6, 6.07) is 0. The smallest absolute Gasteiger partial charge is 0.462 e. The molecule has 0 heterocycles. The molecule has 19 heteroatoms. The average molecular weight is 1440 g/mol. The highest BCUT2D eigenvalue weighted by Crippen LogP contribution is 2.45. The largest absolute Gasteiger partial charge is 0.472 e. The highest BCUT2D eigenvalue weighted by atomic mass is 31.2. The Kier molecular flexibility index (Phi) is 70.6. The van der Waals surface area contributed by atoms with Gasteiger partial charge in [0.2, 0.25) is 0 Å². The van der Waals surface area contributed by atoms with E-state index in [2.05, 4.69) is 34.6 Å². The van der Waals surface area contributed by atoms with Gasteiger partial charge in [0.15, 0.2) is 12.2 Å². The molecule has 0 amide bonds. The molecule has 0 aromatic rings. The number of esters is 4. The van der Waals surface area contributed by atoms with Gasteiger partial charge in [-0.2, -0.15) is 0 Å². The average Bonchev–Trinajstić information content (AvgIpc) is 1.11. The number of rotatable bonds is 79. The first-order valence-corrected chi connectivity index (χ1v) is 44.1. The van der Waals surface area contributed by atoms with Crippen molar-refractivity contribution >= 4 is 39.5 Å². The van der Waals surface area contributed by atoms with E-state index in [9.17, 15) is 43.2 Å². The third-order valence-electron chi connectivity index (χ3n) is 18.5. The quantitative estimate of drug-likeness (QED) is 0.0222. The van der Waals surface area contributed by atoms with E-state index in [1.165, 1.54) is 244 Å². The molecule has 0 rings (SSSR count). The zero-order valence-corrected chi connectivity index (χ0v) is 65.7. The lowest BCUT2D eigenvalue weighted by atomic mass is 10.0. The lowest BCUT2D eigenvalue weighted by molar-refractivity contribution is -0.161. The van der Waals surface area contributed by atoms with Crippen LogP contribution in [0.3, 0.4) is 0 Å². The molecule has 582 valence electrons. The molecule has 0 saturated heterocycles. The predicted molar refractivity (Wildman–Crippen MR) is 400 cm³/mol. The first kappa shape index (κ1) is 96.1. The molecule has 0 spiro atoms. The minimum atomic E-state index is -4.96. The number of hydrogen-bond donors (Lipinski definition) is 3. The third kappa shape index (κ3) is 72.4. The van der Waals surface area contributed by atoms with E-state index >= 15 is 0 Å². The van der Waals surface area contributed by atoms with Gasteiger partial charge in [-0.1, -0.05) is 369 Å². The van der Waals surface area contributed by atoms with E-state index in [4.69, 9.17) is 37.0 Å². The number of carbonyl (C=O) groups is 4. The first-order chi connectivity index (χ1) is 47.5. The molecule has 0 aromatic heterocycles. The van der Waals surface area contributed by atoms with Crippen molar-refractivity contribution < 1.29 is 80.2 Å². The van der Waals surface area contributed by atoms with E-state index in [1.54, 1.807) is 0 Å². The monoisotopic (exact) mass is 1440 g/mol. The minimum Gasteiger partial charge on any atom is -0.462 e. The van der Waals surface area contributed by atoms with Gasteiger partial charge in [0, 0.05) is 25.7 Å². The maximum Gasteiger partial charge on any atom is 0.472 e. The Bertz CT molecular complexity index is 1870. The minimum absolute atomic E-state index is 0.108. The summed E-state index contributed by atoms with van der Waals surface area (Å²) in [5, 5.41) is 10.6. The zero-order chi connectivity index (χ0) is 71.9. The van der Waals surface area contributed by atoms with Crippen molar-refractivity contribution in [2.45, 2.75) is 438 Å². The Hall–Kier alpha value is -1.94. The molecule has 0 aromatic carbocycles. The van der Waals surface area contributed by atoms with E-state index in [1.807, 2.05) is 0 Å². The van der Waals surface area contributed by atoms with Gasteiger partial charge in [-0.3, -0.25) is 37.3 Å². The summed E-state index contributed by atoms with van der Waals surface area (Å²) in [6.45, 7) is 7.34. The maximum atomic E-state index is 13.1. The molecule has 0 aliphatic carbocycles. The fourth-order valence-electron chi connectivity index (χ4n) is 12.2. The molecule has 0 aliphatic rings. The van der Waals surface area contributed by atoms with Crippen molar-refractivity contribution in [1.82, 2.24) is 0 Å². The van der Waals surface area contributed by atoms with Gasteiger partial charge >= 0.3 is 39.5 Å². The summed E-state index contributed by atoms with van der Waals surface area (Å²) in [5.74, 6) is -1.31. The Balaban J connectivity index is 5.22. The predicted octanol–water partition coefficient (Wildman–Crippen LogP) is 23.6. The van der Waals surface area contributed by atoms with Gasteiger partial charge in [-0.15, -0.1) is 0 Å². The van der Waals surface area contributed by atoms with Crippen LogP contribution in [0.1, 0.15) is 420 Å². The number of aliphatic hydroxyl groups is 1. The van der Waals surface area contributed by atoms with Crippen LogP contribution >= 0.6 is 15.6 Å². The van der Waals surface area contributed by atoms with Crippen molar-refractivity contribution in [2.24, 2.45) is 5.92 Å². The Labute approximate surface area is 600 Å². The fourth-order valence-corrected chi connectivity index (χ4v) is 13.8. The molecule has 0 bridgehead atoms. The molecule has 2 unspecified atom stereocenters. The number of unbranched alkanes of at least 4 members (excludes halogenated alkanes) is 51. The number of phosphoric ester groups is 2. The van der Waals surface area contributed by atoms with Crippen LogP contribution in [0.2, 0.25) is 0 Å². The molecule has 17 nitrogen and oxygen atoms in total. The van der Waals surface area contributed by atoms with E-state index in [-0.39, 0.29) is 25.7 Å². The highest BCUT2D eigenvalue weighted by Gasteiger charge is 2.30. The van der Waals surface area contributed by atoms with Gasteiger partial charge in [0.25, 0.3) is 0 Å². The number of aliphatic hydroxyl groups excluding tert-OH is 1. The summed E-state index contributed by atoms with van der Waals surface area (Å²) in [5.41, 5.74) is 0. The van der Waals surface area contributed by atoms with Gasteiger partial charge in [-0.05, 0) is 31.6 Å². The molecule has 5 atom stereocenters. The highest BCUT2D eigenvalue weighted by molar-refractivity contribution is 7.47. The second-order valence-corrected chi connectivity index (χ2v) is 31.8. The normalized spacial score (nSPS) is 13.9. The molecular formula is C79H154O17P2. The number of ether oxygens (including phenoxy) is 4. The molecule has 0 saturated carbocycles. The maximum absolute atomic E-state index is 13.1. The van der Waals surface area contributed by atoms with Gasteiger partial charge in [-0.25, -0.2) is 9.13 Å². The summed E-state index contributed by atoms with van der Waals surface area (Å²) in [4.78, 5) is 72.9. The number of carbonyl (C=O) groups excluding carboxylic acids is 4. The summed E-state index contributed by atoms with van der Waals surface area (Å²) < 4.78 is 68.6. The lowest BCUT2D eigenvalue weighted by Gasteiger charge is -2.21. The number of phosphoric acid groups is 2. The van der Waals surface area contributed by atoms with Crippen LogP contribution < -0.4 is 0 Å². The standard InChI is InChI=1S/C79H154O17P2/c1-6-9-12-15-18-21-24-25-26-27-28-31-34-39-43-48-53-58-63-77(82)90-69-75(96-79(84)65-60-55-50-45-40-35-32-29-30-33-38-41-46-51-56-61-72(4)5)71-94-98(87,88)92-67-73(80)66-91-97(85,86)93-70-74(95-78(83)64-59-54-49-44-37-23-20-17-14-11-8-3)68-89-76(81)62-57-52-47-42-36-22-19-16-13-10-7-2/h72-75,80H,6-71H2,1-5H3,(H,85,86)(H,87,88)/t73-,74+,75+/m0/s1. The van der Waals surface area contributed by atoms with Gasteiger partial charge in [0.05, 0.1) is 26.4 Å². The van der Waals surface area contributed by atoms with Gasteiger partial charge < -0.3 is 33.8 Å². The van der Waals surface area contributed by atoms with Crippen molar-refractivity contribution in [1.29, 1.82) is 0 Å². The van der Waals surface area contributed by atoms with Gasteiger partial charge in [0.1, 0.15) is 19.3 Å². The van der Waals surface area contributed by atoms with E-state index in [0.717, 1.165) is 95.8 Å². The third-order valence-corrected chi connectivity index (χ3v) is 20.4. The SMILES string of the molecule is CCCCCCCCCCCCCCCCCCCCC(=O)OC[C@H](COP(=O)(O)OC[C@@H](O)COP(=O)(O)OC[C@@H](COC(=O)CCCCCCCCCCCCC)OC(=O)CCCCCCCCCCCCC)OC(=O)CCCCCCCCCCCCCCCCCC(C)C. The summed E-state index contributed by atoms with van der Waals surface area (Å²) in [7, 11) is -9.91. The summed E-state index contributed by atoms with van der Waals surface area (Å²) in [6.07, 6.45) is 62.3. The summed E-state index contributed by atoms with van der Waals surface area (Å²) >= 11 is 0. The second-order valence-electron chi connectivity index (χ2n) is 28.9. The van der Waals surface area contributed by atoms with Crippen molar-refractivity contribution in [3.8, 4) is 0 Å². The molecule has 0 aliphatic heterocycles. The van der Waals surface area contributed by atoms with Crippen molar-refractivity contribution in [2.75, 3.05) is 39.6 Å². The van der Waals surface area contributed by atoms with E-state index < -0.39 is 97.5 Å². The molecular weight excluding hydrogens is 1280 g/mol. The Morgan fingerprint density at radius 1 is 0.276 bits per heavy atom. The van der Waals surface area contributed by atoms with Crippen LogP contribution in [0.15, 0.2) is 0 Å². The molecule has 0 fully saturated rings. The van der Waals surface area contributed by atoms with E-state index in [0.29, 0.717) is 25.7 Å². The van der Waals surface area contributed by atoms with Crippen molar-refractivity contribution in [3.05, 3.63) is 0 Å². The topological polar surface area (TPSA) is 237 Å².